The van der Waals surface area contributed by atoms with Crippen LogP contribution in [0.4, 0.5) is 5.82 Å². The van der Waals surface area contributed by atoms with Crippen LogP contribution in [-0.2, 0) is 11.3 Å². The molecule has 1 aliphatic heterocycles. The molecule has 0 amide bonds. The van der Waals surface area contributed by atoms with E-state index in [0.717, 1.165) is 37.5 Å². The molecule has 1 aromatic heterocycles. The van der Waals surface area contributed by atoms with Crippen LogP contribution in [0.25, 0.3) is 0 Å². The number of halogens is 1. The van der Waals surface area contributed by atoms with Gasteiger partial charge in [0, 0.05) is 38.9 Å². The van der Waals surface area contributed by atoms with Crippen LogP contribution in [-0.4, -0.2) is 31.8 Å². The molecule has 1 atom stereocenters. The number of pyridine rings is 1. The fourth-order valence-corrected chi connectivity index (χ4v) is 2.39. The fraction of sp³-hybridized carbons (Fsp3) is 0.583. The molecule has 1 aromatic rings. The third-order valence-corrected chi connectivity index (χ3v) is 3.49. The normalized spacial score (nSPS) is 19.9. The second-order valence-corrected chi connectivity index (χ2v) is 4.80. The lowest BCUT2D eigenvalue weighted by Crippen LogP contribution is -2.22. The molecular weight excluding hydrogens is 238 g/mol. The Bertz CT molecular complexity index is 386. The van der Waals surface area contributed by atoms with Gasteiger partial charge in [-0.3, -0.25) is 0 Å². The number of rotatable bonds is 4. The van der Waals surface area contributed by atoms with Gasteiger partial charge in [0.25, 0.3) is 0 Å². The van der Waals surface area contributed by atoms with Crippen molar-refractivity contribution < 1.29 is 4.74 Å². The Morgan fingerprint density at radius 1 is 1.65 bits per heavy atom. The molecule has 0 spiro atoms. The quantitative estimate of drug-likeness (QED) is 0.889. The average Bonchev–Trinajstić information content (AvgIpc) is 2.79. The van der Waals surface area contributed by atoms with Crippen molar-refractivity contribution in [2.75, 3.05) is 31.7 Å². The van der Waals surface area contributed by atoms with Crippen molar-refractivity contribution in [2.24, 2.45) is 11.7 Å². The van der Waals surface area contributed by atoms with Crippen molar-refractivity contribution >= 4 is 17.4 Å². The molecular formula is C12H18ClN3O. The van der Waals surface area contributed by atoms with Gasteiger partial charge in [0.1, 0.15) is 5.82 Å². The number of aromatic nitrogens is 1. The van der Waals surface area contributed by atoms with Gasteiger partial charge in [0.15, 0.2) is 0 Å². The summed E-state index contributed by atoms with van der Waals surface area (Å²) in [5.74, 6) is 1.56. The first-order valence-electron chi connectivity index (χ1n) is 5.83. The van der Waals surface area contributed by atoms with Crippen molar-refractivity contribution in [1.82, 2.24) is 4.98 Å². The minimum absolute atomic E-state index is 0.448. The van der Waals surface area contributed by atoms with Crippen LogP contribution >= 0.6 is 11.6 Å². The van der Waals surface area contributed by atoms with Crippen LogP contribution in [0, 0.1) is 5.92 Å². The molecule has 17 heavy (non-hydrogen) atoms. The standard InChI is InChI=1S/C12H18ClN3O/c1-17-8-9-2-3-16(7-9)12-4-10(5-14)11(13)6-15-12/h4,6,9H,2-3,5,7-8,14H2,1H3. The van der Waals surface area contributed by atoms with Gasteiger partial charge in [-0.05, 0) is 18.1 Å². The summed E-state index contributed by atoms with van der Waals surface area (Å²) in [6.45, 7) is 3.27. The van der Waals surface area contributed by atoms with Gasteiger partial charge < -0.3 is 15.4 Å². The van der Waals surface area contributed by atoms with E-state index < -0.39 is 0 Å². The van der Waals surface area contributed by atoms with E-state index in [1.165, 1.54) is 0 Å². The molecule has 0 aromatic carbocycles. The summed E-state index contributed by atoms with van der Waals surface area (Å²) >= 11 is 6.00. The van der Waals surface area contributed by atoms with Gasteiger partial charge in [-0.1, -0.05) is 11.6 Å². The van der Waals surface area contributed by atoms with Crippen molar-refractivity contribution in [1.29, 1.82) is 0 Å². The molecule has 0 saturated carbocycles. The molecule has 1 aliphatic rings. The number of nitrogens with zero attached hydrogens (tertiary/aromatic N) is 2. The Morgan fingerprint density at radius 3 is 3.18 bits per heavy atom. The predicted octanol–water partition coefficient (Wildman–Crippen LogP) is 1.67. The second-order valence-electron chi connectivity index (χ2n) is 4.39. The van der Waals surface area contributed by atoms with E-state index in [1.807, 2.05) is 6.07 Å². The second kappa shape index (κ2) is 5.67. The SMILES string of the molecule is COCC1CCN(c2cc(CN)c(Cl)cn2)C1. The van der Waals surface area contributed by atoms with E-state index in [0.29, 0.717) is 17.5 Å². The smallest absolute Gasteiger partial charge is 0.128 e. The zero-order chi connectivity index (χ0) is 12.3. The minimum atomic E-state index is 0.448. The number of anilines is 1. The van der Waals surface area contributed by atoms with E-state index >= 15 is 0 Å². The first-order valence-corrected chi connectivity index (χ1v) is 6.20. The summed E-state index contributed by atoms with van der Waals surface area (Å²) in [6, 6.07) is 1.98. The zero-order valence-corrected chi connectivity index (χ0v) is 10.8. The highest BCUT2D eigenvalue weighted by atomic mass is 35.5. The highest BCUT2D eigenvalue weighted by molar-refractivity contribution is 6.31. The lowest BCUT2D eigenvalue weighted by atomic mass is 10.1. The van der Waals surface area contributed by atoms with Crippen LogP contribution in [0.2, 0.25) is 5.02 Å². The molecule has 2 rings (SSSR count). The molecule has 0 bridgehead atoms. The van der Waals surface area contributed by atoms with Gasteiger partial charge in [-0.2, -0.15) is 0 Å². The zero-order valence-electron chi connectivity index (χ0n) is 10.0. The molecule has 1 saturated heterocycles. The van der Waals surface area contributed by atoms with Gasteiger partial charge in [0.05, 0.1) is 11.6 Å². The molecule has 4 nitrogen and oxygen atoms in total. The highest BCUT2D eigenvalue weighted by Gasteiger charge is 2.23. The summed E-state index contributed by atoms with van der Waals surface area (Å²) in [6.07, 6.45) is 2.83. The van der Waals surface area contributed by atoms with E-state index in [2.05, 4.69) is 9.88 Å². The molecule has 5 heteroatoms. The van der Waals surface area contributed by atoms with E-state index in [9.17, 15) is 0 Å². The fourth-order valence-electron chi connectivity index (χ4n) is 2.21. The molecule has 94 valence electrons. The molecule has 0 radical (unpaired) electrons. The number of ether oxygens (including phenoxy) is 1. The largest absolute Gasteiger partial charge is 0.384 e. The predicted molar refractivity (Wildman–Crippen MR) is 69.3 cm³/mol. The molecule has 0 aliphatic carbocycles. The lowest BCUT2D eigenvalue weighted by Gasteiger charge is -2.18. The first kappa shape index (κ1) is 12.6. The third-order valence-electron chi connectivity index (χ3n) is 3.15. The maximum Gasteiger partial charge on any atom is 0.128 e. The number of hydrogen-bond acceptors (Lipinski definition) is 4. The van der Waals surface area contributed by atoms with Crippen LogP contribution in [0.1, 0.15) is 12.0 Å². The minimum Gasteiger partial charge on any atom is -0.384 e. The van der Waals surface area contributed by atoms with E-state index in [4.69, 9.17) is 22.1 Å². The summed E-state index contributed by atoms with van der Waals surface area (Å²) in [5.41, 5.74) is 6.59. The maximum absolute atomic E-state index is 6.00. The van der Waals surface area contributed by atoms with Gasteiger partial charge in [-0.25, -0.2) is 4.98 Å². The first-order chi connectivity index (χ1) is 8.24. The van der Waals surface area contributed by atoms with Crippen LogP contribution < -0.4 is 10.6 Å². The van der Waals surface area contributed by atoms with Crippen molar-refractivity contribution in [3.8, 4) is 0 Å². The third kappa shape index (κ3) is 2.89. The van der Waals surface area contributed by atoms with Gasteiger partial charge in [-0.15, -0.1) is 0 Å². The number of hydrogen-bond donors (Lipinski definition) is 1. The monoisotopic (exact) mass is 255 g/mol. The maximum atomic E-state index is 6.00. The Kier molecular flexibility index (Phi) is 4.20. The number of nitrogens with two attached hydrogens (primary N) is 1. The topological polar surface area (TPSA) is 51.4 Å². The van der Waals surface area contributed by atoms with Crippen LogP contribution in [0.5, 0.6) is 0 Å². The summed E-state index contributed by atoms with van der Waals surface area (Å²) in [7, 11) is 1.75. The Hall–Kier alpha value is -0.840. The summed E-state index contributed by atoms with van der Waals surface area (Å²) in [5, 5.41) is 0.642. The van der Waals surface area contributed by atoms with Crippen molar-refractivity contribution in [3.05, 3.63) is 22.8 Å². The lowest BCUT2D eigenvalue weighted by molar-refractivity contribution is 0.161. The molecule has 1 fully saturated rings. The van der Waals surface area contributed by atoms with Gasteiger partial charge >= 0.3 is 0 Å². The van der Waals surface area contributed by atoms with Crippen molar-refractivity contribution in [2.45, 2.75) is 13.0 Å². The Labute approximate surface area is 107 Å². The van der Waals surface area contributed by atoms with Gasteiger partial charge in [0.2, 0.25) is 0 Å². The van der Waals surface area contributed by atoms with Crippen LogP contribution in [0.15, 0.2) is 12.3 Å². The average molecular weight is 256 g/mol. The Morgan fingerprint density at radius 2 is 2.47 bits per heavy atom. The van der Waals surface area contributed by atoms with Crippen molar-refractivity contribution in [3.63, 3.8) is 0 Å². The van der Waals surface area contributed by atoms with E-state index in [1.54, 1.807) is 13.3 Å². The molecule has 2 heterocycles. The Balaban J connectivity index is 2.08. The van der Waals surface area contributed by atoms with E-state index in [-0.39, 0.29) is 0 Å². The van der Waals surface area contributed by atoms with Crippen LogP contribution in [0.3, 0.4) is 0 Å². The molecule has 2 N–H and O–H groups in total. The number of methoxy groups -OCH3 is 1. The highest BCUT2D eigenvalue weighted by Crippen LogP contribution is 2.25. The summed E-state index contributed by atoms with van der Waals surface area (Å²) < 4.78 is 5.19. The molecule has 1 unspecified atom stereocenters. The summed E-state index contributed by atoms with van der Waals surface area (Å²) in [4.78, 5) is 6.62.